The Morgan fingerprint density at radius 3 is 2.39 bits per heavy atom. The first-order valence-electron chi connectivity index (χ1n) is 10.2. The summed E-state index contributed by atoms with van der Waals surface area (Å²) < 4.78 is 53.4. The number of fused-ring (bicyclic) bond motifs is 1. The fourth-order valence-electron chi connectivity index (χ4n) is 4.12. The summed E-state index contributed by atoms with van der Waals surface area (Å²) in [5, 5.41) is 41.1. The second-order valence-corrected chi connectivity index (χ2v) is 9.09. The van der Waals surface area contributed by atoms with Crippen LogP contribution in [0.1, 0.15) is 27.7 Å². The number of aliphatic hydroxyl groups excluding tert-OH is 4. The smallest absolute Gasteiger partial charge is 0.416 e. The van der Waals surface area contributed by atoms with E-state index in [-0.39, 0.29) is 23.3 Å². The van der Waals surface area contributed by atoms with Crippen molar-refractivity contribution in [3.8, 4) is 5.75 Å². The van der Waals surface area contributed by atoms with E-state index in [4.69, 9.17) is 9.47 Å². The van der Waals surface area contributed by atoms with E-state index in [0.717, 1.165) is 16.2 Å². The van der Waals surface area contributed by atoms with Gasteiger partial charge in [0.2, 0.25) is 0 Å². The number of halogens is 3. The molecule has 0 spiro atoms. The summed E-state index contributed by atoms with van der Waals surface area (Å²) in [5.41, 5.74) is -0.856. The standard InChI is InChI=1S/C23H23F3O6S/c1-31-16-9-15(23(24,25)26)12(7-13-6-11-4-2-3-5-18(11)33-13)8-14(16)22-21(30)20(29)19(28)17(10-27)32-22/h2-6,8-9,17,19-22,27-30H,7,10H2,1H3/t17-,19-,20+,21-,22+/m1/s1. The number of hydrogen-bond donors (Lipinski definition) is 4. The average molecular weight is 484 g/mol. The zero-order chi connectivity index (χ0) is 23.9. The van der Waals surface area contributed by atoms with E-state index in [1.807, 2.05) is 30.3 Å². The Bertz CT molecular complexity index is 1100. The zero-order valence-corrected chi connectivity index (χ0v) is 18.3. The van der Waals surface area contributed by atoms with Crippen LogP contribution in [0.3, 0.4) is 0 Å². The molecule has 0 bridgehead atoms. The largest absolute Gasteiger partial charge is 0.496 e. The van der Waals surface area contributed by atoms with Crippen LogP contribution in [0.25, 0.3) is 10.1 Å². The minimum Gasteiger partial charge on any atom is -0.496 e. The van der Waals surface area contributed by atoms with Gasteiger partial charge in [-0.1, -0.05) is 18.2 Å². The number of ether oxygens (including phenoxy) is 2. The zero-order valence-electron chi connectivity index (χ0n) is 17.5. The first-order valence-corrected chi connectivity index (χ1v) is 11.0. The molecule has 1 aliphatic rings. The van der Waals surface area contributed by atoms with Gasteiger partial charge in [-0.15, -0.1) is 11.3 Å². The summed E-state index contributed by atoms with van der Waals surface area (Å²) in [7, 11) is 1.19. The SMILES string of the molecule is COc1cc(C(F)(F)F)c(Cc2cc3ccccc3s2)cc1[C@@H]1O[C@H](CO)[C@@H](O)[C@H](O)[C@H]1O. The molecule has 10 heteroatoms. The quantitative estimate of drug-likeness (QED) is 0.445. The summed E-state index contributed by atoms with van der Waals surface area (Å²) in [4.78, 5) is 0.714. The second-order valence-electron chi connectivity index (χ2n) is 7.93. The third-order valence-electron chi connectivity index (χ3n) is 5.80. The second kappa shape index (κ2) is 9.21. The number of rotatable bonds is 5. The summed E-state index contributed by atoms with van der Waals surface area (Å²) in [6.45, 7) is -0.654. The molecule has 1 aromatic heterocycles. The van der Waals surface area contributed by atoms with Crippen LogP contribution in [0.4, 0.5) is 13.2 Å². The van der Waals surface area contributed by atoms with Gasteiger partial charge in [0.15, 0.2) is 0 Å². The minimum absolute atomic E-state index is 0.0252. The van der Waals surface area contributed by atoms with Crippen molar-refractivity contribution in [3.63, 3.8) is 0 Å². The van der Waals surface area contributed by atoms with Crippen LogP contribution in [0.5, 0.6) is 5.75 Å². The van der Waals surface area contributed by atoms with Gasteiger partial charge >= 0.3 is 6.18 Å². The topological polar surface area (TPSA) is 99.4 Å². The maximum Gasteiger partial charge on any atom is 0.416 e. The molecule has 2 aromatic carbocycles. The lowest BCUT2D eigenvalue weighted by Crippen LogP contribution is -2.55. The van der Waals surface area contributed by atoms with Gasteiger partial charge in [0.05, 0.1) is 19.3 Å². The Balaban J connectivity index is 1.81. The van der Waals surface area contributed by atoms with E-state index in [2.05, 4.69) is 0 Å². The minimum atomic E-state index is -4.66. The van der Waals surface area contributed by atoms with E-state index in [1.165, 1.54) is 24.5 Å². The lowest BCUT2D eigenvalue weighted by atomic mass is 9.88. The molecule has 0 saturated carbocycles. The van der Waals surface area contributed by atoms with Gasteiger partial charge in [0, 0.05) is 21.6 Å². The molecule has 3 aromatic rings. The summed E-state index contributed by atoms with van der Waals surface area (Å²) in [6, 6.07) is 11.4. The Labute approximate surface area is 191 Å². The van der Waals surface area contributed by atoms with E-state index in [1.54, 1.807) is 0 Å². The summed E-state index contributed by atoms with van der Waals surface area (Å²) in [5.74, 6) is -0.188. The highest BCUT2D eigenvalue weighted by Crippen LogP contribution is 2.43. The first-order chi connectivity index (χ1) is 15.6. The monoisotopic (exact) mass is 484 g/mol. The van der Waals surface area contributed by atoms with E-state index < -0.39 is 48.9 Å². The van der Waals surface area contributed by atoms with Crippen molar-refractivity contribution >= 4 is 21.4 Å². The van der Waals surface area contributed by atoms with Gasteiger partial charge in [0.25, 0.3) is 0 Å². The molecular formula is C23H23F3O6S. The Hall–Kier alpha value is -2.21. The van der Waals surface area contributed by atoms with E-state index in [0.29, 0.717) is 4.88 Å². The molecule has 4 N–H and O–H groups in total. The summed E-state index contributed by atoms with van der Waals surface area (Å²) in [6.07, 6.45) is -12.1. The van der Waals surface area contributed by atoms with Crippen molar-refractivity contribution in [2.75, 3.05) is 13.7 Å². The molecule has 6 nitrogen and oxygen atoms in total. The predicted molar refractivity (Wildman–Crippen MR) is 115 cm³/mol. The van der Waals surface area contributed by atoms with Gasteiger partial charge in [-0.3, -0.25) is 0 Å². The van der Waals surface area contributed by atoms with Gasteiger partial charge in [-0.2, -0.15) is 13.2 Å². The lowest BCUT2D eigenvalue weighted by molar-refractivity contribution is -0.232. The van der Waals surface area contributed by atoms with Crippen LogP contribution < -0.4 is 4.74 Å². The molecule has 0 radical (unpaired) electrons. The van der Waals surface area contributed by atoms with E-state index in [9.17, 15) is 33.6 Å². The van der Waals surface area contributed by atoms with Crippen molar-refractivity contribution in [2.24, 2.45) is 0 Å². The number of aliphatic hydroxyl groups is 4. The Morgan fingerprint density at radius 1 is 1.03 bits per heavy atom. The van der Waals surface area contributed by atoms with Gasteiger partial charge in [0.1, 0.15) is 36.3 Å². The third kappa shape index (κ3) is 4.59. The molecule has 1 aliphatic heterocycles. The van der Waals surface area contributed by atoms with Crippen LogP contribution >= 0.6 is 11.3 Å². The van der Waals surface area contributed by atoms with Crippen molar-refractivity contribution in [2.45, 2.75) is 43.1 Å². The number of alkyl halides is 3. The molecule has 0 aliphatic carbocycles. The van der Waals surface area contributed by atoms with Crippen LogP contribution in [0.2, 0.25) is 0 Å². The van der Waals surface area contributed by atoms with Gasteiger partial charge < -0.3 is 29.9 Å². The molecule has 0 unspecified atom stereocenters. The molecule has 0 amide bonds. The van der Waals surface area contributed by atoms with Crippen LogP contribution in [0, 0.1) is 0 Å². The molecule has 1 saturated heterocycles. The normalized spacial score (nSPS) is 26.0. The molecular weight excluding hydrogens is 461 g/mol. The van der Waals surface area contributed by atoms with Gasteiger partial charge in [-0.05, 0) is 35.2 Å². The number of thiophene rings is 1. The molecule has 2 heterocycles. The van der Waals surface area contributed by atoms with Gasteiger partial charge in [-0.25, -0.2) is 0 Å². The Kier molecular flexibility index (Phi) is 6.68. The van der Waals surface area contributed by atoms with E-state index >= 15 is 0 Å². The molecule has 4 rings (SSSR count). The Morgan fingerprint density at radius 2 is 1.76 bits per heavy atom. The number of benzene rings is 2. The maximum atomic E-state index is 13.9. The number of hydrogen-bond acceptors (Lipinski definition) is 7. The van der Waals surface area contributed by atoms with Crippen LogP contribution in [0.15, 0.2) is 42.5 Å². The summed E-state index contributed by atoms with van der Waals surface area (Å²) >= 11 is 1.38. The molecule has 178 valence electrons. The van der Waals surface area contributed by atoms with Crippen LogP contribution in [-0.4, -0.2) is 58.6 Å². The molecule has 1 fully saturated rings. The highest BCUT2D eigenvalue weighted by molar-refractivity contribution is 7.19. The molecule has 33 heavy (non-hydrogen) atoms. The van der Waals surface area contributed by atoms with Crippen molar-refractivity contribution in [1.82, 2.24) is 0 Å². The predicted octanol–water partition coefficient (Wildman–Crippen LogP) is 3.03. The fourth-order valence-corrected chi connectivity index (χ4v) is 5.21. The van der Waals surface area contributed by atoms with Crippen LogP contribution in [-0.2, 0) is 17.3 Å². The highest BCUT2D eigenvalue weighted by Gasteiger charge is 2.45. The molecule has 5 atom stereocenters. The van der Waals surface area contributed by atoms with Crippen molar-refractivity contribution in [3.05, 3.63) is 64.0 Å². The highest BCUT2D eigenvalue weighted by atomic mass is 32.1. The fraction of sp³-hybridized carbons (Fsp3) is 0.391. The maximum absolute atomic E-state index is 13.9. The number of methoxy groups -OCH3 is 1. The third-order valence-corrected chi connectivity index (χ3v) is 6.92. The van der Waals surface area contributed by atoms with Crippen molar-refractivity contribution in [1.29, 1.82) is 0 Å². The lowest BCUT2D eigenvalue weighted by Gasteiger charge is -2.40. The average Bonchev–Trinajstić information content (AvgIpc) is 3.19. The first kappa shape index (κ1) is 23.9. The van der Waals surface area contributed by atoms with Crippen molar-refractivity contribution < 1.29 is 43.1 Å².